The molecule has 3 nitrogen and oxygen atoms in total. The Morgan fingerprint density at radius 2 is 2.23 bits per heavy atom. The fraction of sp³-hybridized carbons (Fsp3) is 0. The first kappa shape index (κ1) is 8.61. The Labute approximate surface area is 87.5 Å². The normalized spacial score (nSPS) is 10.3. The number of halogens is 2. The van der Waals surface area contributed by atoms with Crippen molar-refractivity contribution in [3.8, 4) is 11.4 Å². The average molecular weight is 289 g/mol. The summed E-state index contributed by atoms with van der Waals surface area (Å²) in [5.41, 5.74) is 0.861. The Hall–Kier alpha value is -0.980. The predicted octanol–water partition coefficient (Wildman–Crippen LogP) is 2.22. The van der Waals surface area contributed by atoms with Crippen LogP contribution in [0.3, 0.4) is 0 Å². The molecule has 0 atom stereocenters. The first-order chi connectivity index (χ1) is 6.27. The summed E-state index contributed by atoms with van der Waals surface area (Å²) < 4.78 is 13.6. The minimum atomic E-state index is -0.243. The van der Waals surface area contributed by atoms with Crippen molar-refractivity contribution in [3.63, 3.8) is 0 Å². The lowest BCUT2D eigenvalue weighted by molar-refractivity contribution is 0.627. The van der Waals surface area contributed by atoms with E-state index in [0.29, 0.717) is 5.82 Å². The van der Waals surface area contributed by atoms with Crippen molar-refractivity contribution in [1.29, 1.82) is 0 Å². The zero-order chi connectivity index (χ0) is 9.26. The zero-order valence-electron chi connectivity index (χ0n) is 6.46. The number of aromatic nitrogens is 3. The smallest absolute Gasteiger partial charge is 0.156 e. The Bertz CT molecular complexity index is 413. The number of aromatic amines is 1. The maximum Gasteiger partial charge on any atom is 0.156 e. The van der Waals surface area contributed by atoms with Crippen LogP contribution >= 0.6 is 22.6 Å². The predicted molar refractivity (Wildman–Crippen MR) is 54.5 cm³/mol. The van der Waals surface area contributed by atoms with Crippen LogP contribution < -0.4 is 0 Å². The van der Waals surface area contributed by atoms with Gasteiger partial charge in [0.05, 0.1) is 0 Å². The van der Waals surface area contributed by atoms with E-state index in [1.165, 1.54) is 18.5 Å². The van der Waals surface area contributed by atoms with E-state index in [0.717, 1.165) is 9.13 Å². The van der Waals surface area contributed by atoms with Crippen LogP contribution in [-0.2, 0) is 0 Å². The lowest BCUT2D eigenvalue weighted by atomic mass is 10.2. The topological polar surface area (TPSA) is 41.6 Å². The van der Waals surface area contributed by atoms with Crippen molar-refractivity contribution in [2.24, 2.45) is 0 Å². The first-order valence-corrected chi connectivity index (χ1v) is 4.66. The van der Waals surface area contributed by atoms with Gasteiger partial charge in [-0.3, -0.25) is 5.10 Å². The lowest BCUT2D eigenvalue weighted by Crippen LogP contribution is -1.86. The second-order valence-corrected chi connectivity index (χ2v) is 3.62. The van der Waals surface area contributed by atoms with Crippen molar-refractivity contribution in [2.75, 3.05) is 0 Å². The molecule has 0 bridgehead atoms. The standard InChI is InChI=1S/C8H5FIN3/c9-5-1-2-6(7(10)3-5)8-11-4-12-13-8/h1-4H,(H,11,12,13). The SMILES string of the molecule is Fc1ccc(-c2ncn[nH]2)c(I)c1. The third-order valence-electron chi connectivity index (χ3n) is 1.60. The molecule has 0 aliphatic rings. The second-order valence-electron chi connectivity index (χ2n) is 2.46. The summed E-state index contributed by atoms with van der Waals surface area (Å²) >= 11 is 2.06. The number of H-pyrrole nitrogens is 1. The van der Waals surface area contributed by atoms with E-state index in [4.69, 9.17) is 0 Å². The molecule has 66 valence electrons. The molecular weight excluding hydrogens is 284 g/mol. The molecule has 13 heavy (non-hydrogen) atoms. The summed E-state index contributed by atoms with van der Waals surface area (Å²) in [4.78, 5) is 3.98. The number of nitrogens with one attached hydrogen (secondary N) is 1. The van der Waals surface area contributed by atoms with E-state index < -0.39 is 0 Å². The second kappa shape index (κ2) is 3.41. The molecule has 0 unspecified atom stereocenters. The average Bonchev–Trinajstić information content (AvgIpc) is 2.56. The minimum Gasteiger partial charge on any atom is -0.259 e. The van der Waals surface area contributed by atoms with Crippen LogP contribution in [0.1, 0.15) is 0 Å². The van der Waals surface area contributed by atoms with Crippen LogP contribution in [0.5, 0.6) is 0 Å². The highest BCUT2D eigenvalue weighted by molar-refractivity contribution is 14.1. The van der Waals surface area contributed by atoms with Crippen LogP contribution in [0.2, 0.25) is 0 Å². The summed E-state index contributed by atoms with van der Waals surface area (Å²) in [6.45, 7) is 0. The lowest BCUT2D eigenvalue weighted by Gasteiger charge is -1.99. The highest BCUT2D eigenvalue weighted by atomic mass is 127. The van der Waals surface area contributed by atoms with Gasteiger partial charge in [0.2, 0.25) is 0 Å². The van der Waals surface area contributed by atoms with Gasteiger partial charge in [0.1, 0.15) is 12.1 Å². The molecule has 2 aromatic rings. The van der Waals surface area contributed by atoms with E-state index in [-0.39, 0.29) is 5.82 Å². The van der Waals surface area contributed by atoms with E-state index in [2.05, 4.69) is 37.8 Å². The molecule has 0 fully saturated rings. The van der Waals surface area contributed by atoms with Gasteiger partial charge in [-0.05, 0) is 40.8 Å². The van der Waals surface area contributed by atoms with Crippen molar-refractivity contribution in [3.05, 3.63) is 33.9 Å². The summed E-state index contributed by atoms with van der Waals surface area (Å²) in [5, 5.41) is 6.45. The Kier molecular flexibility index (Phi) is 2.26. The highest BCUT2D eigenvalue weighted by Crippen LogP contribution is 2.21. The fourth-order valence-electron chi connectivity index (χ4n) is 1.02. The summed E-state index contributed by atoms with van der Waals surface area (Å²) in [7, 11) is 0. The molecule has 1 N–H and O–H groups in total. The number of hydrogen-bond donors (Lipinski definition) is 1. The van der Waals surface area contributed by atoms with Crippen LogP contribution in [-0.4, -0.2) is 15.2 Å². The number of nitrogens with zero attached hydrogens (tertiary/aromatic N) is 2. The number of benzene rings is 1. The first-order valence-electron chi connectivity index (χ1n) is 3.58. The quantitative estimate of drug-likeness (QED) is 0.818. The van der Waals surface area contributed by atoms with E-state index in [1.54, 1.807) is 6.07 Å². The zero-order valence-corrected chi connectivity index (χ0v) is 8.62. The van der Waals surface area contributed by atoms with Crippen LogP contribution in [0, 0.1) is 9.39 Å². The largest absolute Gasteiger partial charge is 0.259 e. The van der Waals surface area contributed by atoms with E-state index >= 15 is 0 Å². The maximum atomic E-state index is 12.7. The molecular formula is C8H5FIN3. The van der Waals surface area contributed by atoms with Crippen LogP contribution in [0.15, 0.2) is 24.5 Å². The molecule has 0 amide bonds. The number of hydrogen-bond acceptors (Lipinski definition) is 2. The van der Waals surface area contributed by atoms with Gasteiger partial charge in [-0.2, -0.15) is 5.10 Å². The fourth-order valence-corrected chi connectivity index (χ4v) is 1.75. The summed E-state index contributed by atoms with van der Waals surface area (Å²) in [6, 6.07) is 4.54. The molecule has 0 saturated heterocycles. The number of rotatable bonds is 1. The van der Waals surface area contributed by atoms with Crippen LogP contribution in [0.25, 0.3) is 11.4 Å². The van der Waals surface area contributed by atoms with Crippen molar-refractivity contribution in [1.82, 2.24) is 15.2 Å². The highest BCUT2D eigenvalue weighted by Gasteiger charge is 2.05. The van der Waals surface area contributed by atoms with Crippen molar-refractivity contribution >= 4 is 22.6 Å². The van der Waals surface area contributed by atoms with Gasteiger partial charge in [-0.15, -0.1) is 0 Å². The van der Waals surface area contributed by atoms with E-state index in [1.807, 2.05) is 0 Å². The molecule has 2 rings (SSSR count). The maximum absolute atomic E-state index is 12.7. The Morgan fingerprint density at radius 3 is 2.85 bits per heavy atom. The summed E-state index contributed by atoms with van der Waals surface area (Å²) in [5.74, 6) is 0.414. The molecule has 5 heteroatoms. The van der Waals surface area contributed by atoms with Gasteiger partial charge in [0.15, 0.2) is 5.82 Å². The Balaban J connectivity index is 2.53. The molecule has 1 heterocycles. The van der Waals surface area contributed by atoms with Gasteiger partial charge in [0, 0.05) is 9.13 Å². The third kappa shape index (κ3) is 1.69. The van der Waals surface area contributed by atoms with Crippen molar-refractivity contribution < 1.29 is 4.39 Å². The Morgan fingerprint density at radius 1 is 1.38 bits per heavy atom. The van der Waals surface area contributed by atoms with Gasteiger partial charge in [-0.25, -0.2) is 9.37 Å². The molecule has 1 aromatic carbocycles. The molecule has 0 aliphatic carbocycles. The summed E-state index contributed by atoms with van der Waals surface area (Å²) in [6.07, 6.45) is 1.43. The molecule has 0 spiro atoms. The van der Waals surface area contributed by atoms with E-state index in [9.17, 15) is 4.39 Å². The van der Waals surface area contributed by atoms with Crippen LogP contribution in [0.4, 0.5) is 4.39 Å². The molecule has 0 aliphatic heterocycles. The van der Waals surface area contributed by atoms with Gasteiger partial charge in [-0.1, -0.05) is 0 Å². The molecule has 0 radical (unpaired) electrons. The van der Waals surface area contributed by atoms with Gasteiger partial charge >= 0.3 is 0 Å². The van der Waals surface area contributed by atoms with Crippen molar-refractivity contribution in [2.45, 2.75) is 0 Å². The minimum absolute atomic E-state index is 0.243. The third-order valence-corrected chi connectivity index (χ3v) is 2.49. The van der Waals surface area contributed by atoms with Gasteiger partial charge < -0.3 is 0 Å². The monoisotopic (exact) mass is 289 g/mol. The molecule has 0 saturated carbocycles. The molecule has 1 aromatic heterocycles. The van der Waals surface area contributed by atoms with Gasteiger partial charge in [0.25, 0.3) is 0 Å².